The Morgan fingerprint density at radius 3 is 1.28 bits per heavy atom. The molecular formula is C46H46N2O12. The Hall–Kier alpha value is -6.90. The molecule has 14 nitrogen and oxygen atoms in total. The van der Waals surface area contributed by atoms with Crippen molar-refractivity contribution in [3.63, 3.8) is 0 Å². The summed E-state index contributed by atoms with van der Waals surface area (Å²) in [6, 6.07) is 22.9. The van der Waals surface area contributed by atoms with E-state index in [9.17, 15) is 39.0 Å². The maximum Gasteiger partial charge on any atom is 0.338 e. The van der Waals surface area contributed by atoms with Crippen molar-refractivity contribution < 1.29 is 57.9 Å². The summed E-state index contributed by atoms with van der Waals surface area (Å²) in [5.41, 5.74) is 2.25. The minimum atomic E-state index is -1.14. The van der Waals surface area contributed by atoms with E-state index in [1.807, 2.05) is 38.1 Å². The minimum Gasteiger partial charge on any atom is -0.491 e. The molecule has 0 saturated carbocycles. The van der Waals surface area contributed by atoms with E-state index in [1.54, 1.807) is 24.3 Å². The molecule has 0 saturated heterocycles. The van der Waals surface area contributed by atoms with Gasteiger partial charge >= 0.3 is 11.9 Å². The number of hydrogen-bond acceptors (Lipinski definition) is 12. The first kappa shape index (κ1) is 44.2. The van der Waals surface area contributed by atoms with Crippen LogP contribution in [-0.2, 0) is 14.9 Å². The molecule has 14 heteroatoms. The fourth-order valence-electron chi connectivity index (χ4n) is 6.52. The molecule has 0 radical (unpaired) electrons. The van der Waals surface area contributed by atoms with E-state index in [0.29, 0.717) is 11.5 Å². The number of imide groups is 2. The smallest absolute Gasteiger partial charge is 0.338 e. The van der Waals surface area contributed by atoms with Crippen LogP contribution in [0.15, 0.2) is 110 Å². The number of fused-ring (bicyclic) bond motifs is 2. The average Bonchev–Trinajstić information content (AvgIpc) is 3.62. The Labute approximate surface area is 347 Å². The molecule has 2 unspecified atom stereocenters. The van der Waals surface area contributed by atoms with Gasteiger partial charge in [-0.2, -0.15) is 0 Å². The van der Waals surface area contributed by atoms with Crippen molar-refractivity contribution in [3.05, 3.63) is 155 Å². The van der Waals surface area contributed by atoms with Gasteiger partial charge in [-0.15, -0.1) is 13.2 Å². The zero-order chi connectivity index (χ0) is 42.4. The molecule has 60 heavy (non-hydrogen) atoms. The number of hydrogen-bond donors (Lipinski definition) is 2. The number of nitrogens with zero attached hydrogens (tertiary/aromatic N) is 2. The first-order chi connectivity index (χ1) is 28.2. The molecule has 2 atom stereocenters. The van der Waals surface area contributed by atoms with Gasteiger partial charge in [0.2, 0.25) is 0 Å². The lowest BCUT2D eigenvalue weighted by molar-refractivity contribution is 0.0127. The van der Waals surface area contributed by atoms with E-state index in [0.717, 1.165) is 20.9 Å². The van der Waals surface area contributed by atoms with Gasteiger partial charge in [-0.05, 0) is 71.8 Å². The van der Waals surface area contributed by atoms with Crippen molar-refractivity contribution in [2.75, 3.05) is 39.5 Å². The second kappa shape index (κ2) is 18.8. The summed E-state index contributed by atoms with van der Waals surface area (Å²) in [4.78, 5) is 77.4. The molecule has 0 spiro atoms. The van der Waals surface area contributed by atoms with Crippen LogP contribution in [0.5, 0.6) is 11.5 Å². The lowest BCUT2D eigenvalue weighted by atomic mass is 9.78. The molecular weight excluding hydrogens is 773 g/mol. The highest BCUT2D eigenvalue weighted by Crippen LogP contribution is 2.34. The van der Waals surface area contributed by atoms with Crippen LogP contribution in [-0.4, -0.2) is 107 Å². The number of amides is 4. The Kier molecular flexibility index (Phi) is 13.8. The molecule has 4 aromatic rings. The fraction of sp³-hybridized carbons (Fsp3) is 0.261. The van der Waals surface area contributed by atoms with Gasteiger partial charge in [0.1, 0.15) is 50.1 Å². The third-order valence-electron chi connectivity index (χ3n) is 9.89. The molecule has 2 aliphatic heterocycles. The van der Waals surface area contributed by atoms with Crippen LogP contribution in [0, 0.1) is 0 Å². The van der Waals surface area contributed by atoms with Gasteiger partial charge in [0.25, 0.3) is 23.6 Å². The van der Waals surface area contributed by atoms with Crippen LogP contribution < -0.4 is 9.47 Å². The molecule has 0 aromatic heterocycles. The summed E-state index contributed by atoms with van der Waals surface area (Å²) in [5.74, 6) is -2.51. The van der Waals surface area contributed by atoms with Gasteiger partial charge in [-0.25, -0.2) is 9.59 Å². The van der Waals surface area contributed by atoms with Crippen molar-refractivity contribution >= 4 is 35.6 Å². The summed E-state index contributed by atoms with van der Waals surface area (Å²) in [5, 5.41) is 20.8. The molecule has 0 fully saturated rings. The molecule has 0 aliphatic carbocycles. The molecule has 6 rings (SSSR count). The Bertz CT molecular complexity index is 2160. The average molecular weight is 819 g/mol. The number of aliphatic hydroxyl groups is 2. The van der Waals surface area contributed by atoms with Gasteiger partial charge in [-0.1, -0.05) is 57.7 Å². The molecule has 2 aliphatic rings. The van der Waals surface area contributed by atoms with Crippen LogP contribution in [0.2, 0.25) is 0 Å². The largest absolute Gasteiger partial charge is 0.491 e. The van der Waals surface area contributed by atoms with E-state index >= 15 is 0 Å². The molecule has 4 aromatic carbocycles. The number of carbonyl (C=O) groups excluding carboxylic acids is 6. The van der Waals surface area contributed by atoms with E-state index in [4.69, 9.17) is 18.9 Å². The van der Waals surface area contributed by atoms with E-state index < -0.39 is 53.2 Å². The summed E-state index contributed by atoms with van der Waals surface area (Å²) < 4.78 is 21.9. The number of ether oxygens (including phenoxy) is 4. The van der Waals surface area contributed by atoms with Crippen molar-refractivity contribution in [1.29, 1.82) is 0 Å². The van der Waals surface area contributed by atoms with Crippen molar-refractivity contribution in [1.82, 2.24) is 9.80 Å². The lowest BCUT2D eigenvalue weighted by Gasteiger charge is -2.26. The van der Waals surface area contributed by atoms with E-state index in [2.05, 4.69) is 13.2 Å². The van der Waals surface area contributed by atoms with Gasteiger partial charge in [-0.3, -0.25) is 29.0 Å². The standard InChI is InChI=1S/C45H42N2O12.CH4/c1-5-19-46-39(50)35-17-7-27(21-37(35)41(46)52)43(54)58-25-31(48)23-56-33-13-9-29(10-14-33)45(3,4)30-11-15-34(16-12-30)57-24-32(49)26-59-44(55)28-8-18-36-38(22-28)42(53)47(20-6-2)40(36)51;/h5-18,21-22,31-32,48-49H,1-2,19-20,23-26H2,3-4H3;1H4. The quantitative estimate of drug-likeness (QED) is 0.0741. The Morgan fingerprint density at radius 1 is 0.583 bits per heavy atom. The van der Waals surface area contributed by atoms with Crippen LogP contribution in [0.3, 0.4) is 0 Å². The summed E-state index contributed by atoms with van der Waals surface area (Å²) >= 11 is 0. The van der Waals surface area contributed by atoms with Crippen LogP contribution in [0.1, 0.15) is 94.5 Å². The summed E-state index contributed by atoms with van der Waals surface area (Å²) in [6.07, 6.45) is 0.597. The van der Waals surface area contributed by atoms with E-state index in [1.165, 1.54) is 48.6 Å². The first-order valence-corrected chi connectivity index (χ1v) is 18.6. The summed E-state index contributed by atoms with van der Waals surface area (Å²) in [7, 11) is 0. The molecule has 0 bridgehead atoms. The lowest BCUT2D eigenvalue weighted by Crippen LogP contribution is -2.29. The maximum absolute atomic E-state index is 12.6. The monoisotopic (exact) mass is 818 g/mol. The Balaban J connectivity index is 0.00000683. The molecule has 312 valence electrons. The topological polar surface area (TPSA) is 186 Å². The fourth-order valence-corrected chi connectivity index (χ4v) is 6.52. The number of benzene rings is 4. The predicted molar refractivity (Wildman–Crippen MR) is 219 cm³/mol. The minimum absolute atomic E-state index is 0. The number of carbonyl (C=O) groups is 6. The second-order valence-corrected chi connectivity index (χ2v) is 14.3. The number of aliphatic hydroxyl groups excluding tert-OH is 2. The first-order valence-electron chi connectivity index (χ1n) is 18.6. The highest BCUT2D eigenvalue weighted by Gasteiger charge is 2.36. The summed E-state index contributed by atoms with van der Waals surface area (Å²) in [6.45, 7) is 10.3. The highest BCUT2D eigenvalue weighted by atomic mass is 16.6. The van der Waals surface area contributed by atoms with Gasteiger partial charge in [0, 0.05) is 18.5 Å². The molecule has 2 N–H and O–H groups in total. The third-order valence-corrected chi connectivity index (χ3v) is 9.89. The van der Waals surface area contributed by atoms with Crippen molar-refractivity contribution in [2.24, 2.45) is 0 Å². The highest BCUT2D eigenvalue weighted by molar-refractivity contribution is 6.22. The normalized spacial score (nSPS) is 14.1. The zero-order valence-electron chi connectivity index (χ0n) is 32.4. The van der Waals surface area contributed by atoms with Crippen LogP contribution >= 0.6 is 0 Å². The number of esters is 2. The third kappa shape index (κ3) is 9.35. The Morgan fingerprint density at radius 2 is 0.933 bits per heavy atom. The van der Waals surface area contributed by atoms with Gasteiger partial charge in [0.15, 0.2) is 0 Å². The molecule has 2 heterocycles. The van der Waals surface area contributed by atoms with Crippen LogP contribution in [0.25, 0.3) is 0 Å². The number of rotatable bonds is 18. The SMILES string of the molecule is C.C=CCN1C(=O)c2ccc(C(=O)OCC(O)COc3ccc(C(C)(C)c4ccc(OCC(O)COC(=O)c5ccc6c(c5)C(=O)N(CC=C)C6=O)cc4)cc3)cc2C1=O. The van der Waals surface area contributed by atoms with Crippen molar-refractivity contribution in [2.45, 2.75) is 38.9 Å². The van der Waals surface area contributed by atoms with Crippen molar-refractivity contribution in [3.8, 4) is 11.5 Å². The molecule has 4 amide bonds. The van der Waals surface area contributed by atoms with E-state index in [-0.39, 0.29) is 80.3 Å². The predicted octanol–water partition coefficient (Wildman–Crippen LogP) is 5.41. The zero-order valence-corrected chi connectivity index (χ0v) is 32.4. The van der Waals surface area contributed by atoms with Gasteiger partial charge < -0.3 is 29.2 Å². The van der Waals surface area contributed by atoms with Gasteiger partial charge in [0.05, 0.1) is 33.4 Å². The van der Waals surface area contributed by atoms with Crippen LogP contribution in [0.4, 0.5) is 0 Å². The second-order valence-electron chi connectivity index (χ2n) is 14.3. The maximum atomic E-state index is 12.6.